The number of rotatable bonds is 5. The summed E-state index contributed by atoms with van der Waals surface area (Å²) in [5, 5.41) is 9.51. The molecular formula is C13H13ClN2O3. The van der Waals surface area contributed by atoms with Crippen molar-refractivity contribution in [3.8, 4) is 5.75 Å². The minimum absolute atomic E-state index is 0.0898. The van der Waals surface area contributed by atoms with Crippen molar-refractivity contribution in [1.29, 1.82) is 0 Å². The second kappa shape index (κ2) is 5.75. The molecule has 0 atom stereocenters. The zero-order valence-electron chi connectivity index (χ0n) is 10.3. The summed E-state index contributed by atoms with van der Waals surface area (Å²) < 4.78 is 7.46. The van der Waals surface area contributed by atoms with E-state index in [9.17, 15) is 4.79 Å². The number of nitrogens with zero attached hydrogens (tertiary/aromatic N) is 2. The van der Waals surface area contributed by atoms with E-state index >= 15 is 0 Å². The van der Waals surface area contributed by atoms with E-state index in [-0.39, 0.29) is 17.9 Å². The van der Waals surface area contributed by atoms with Crippen molar-refractivity contribution in [2.45, 2.75) is 20.1 Å². The van der Waals surface area contributed by atoms with Gasteiger partial charge in [0.2, 0.25) is 0 Å². The fourth-order valence-corrected chi connectivity index (χ4v) is 1.86. The Morgan fingerprint density at radius 1 is 1.53 bits per heavy atom. The van der Waals surface area contributed by atoms with Gasteiger partial charge in [0.15, 0.2) is 0 Å². The van der Waals surface area contributed by atoms with Crippen LogP contribution in [0.15, 0.2) is 30.7 Å². The Labute approximate surface area is 115 Å². The summed E-state index contributed by atoms with van der Waals surface area (Å²) in [6, 6.07) is 4.45. The van der Waals surface area contributed by atoms with Crippen LogP contribution in [0.5, 0.6) is 5.75 Å². The number of carbonyl (C=O) groups is 1. The summed E-state index contributed by atoms with van der Waals surface area (Å²) >= 11 is 5.85. The topological polar surface area (TPSA) is 64.4 Å². The van der Waals surface area contributed by atoms with E-state index in [2.05, 4.69) is 4.98 Å². The van der Waals surface area contributed by atoms with Gasteiger partial charge in [-0.3, -0.25) is 0 Å². The van der Waals surface area contributed by atoms with Gasteiger partial charge in [0.1, 0.15) is 17.9 Å². The van der Waals surface area contributed by atoms with E-state index in [1.165, 1.54) is 18.2 Å². The molecule has 0 bridgehead atoms. The lowest BCUT2D eigenvalue weighted by molar-refractivity contribution is 0.0691. The molecule has 6 heteroatoms. The van der Waals surface area contributed by atoms with Crippen molar-refractivity contribution in [3.05, 3.63) is 47.0 Å². The van der Waals surface area contributed by atoms with Crippen LogP contribution >= 0.6 is 11.6 Å². The van der Waals surface area contributed by atoms with Gasteiger partial charge in [0, 0.05) is 11.6 Å². The number of hydrogen-bond donors (Lipinski definition) is 1. The molecule has 1 aromatic heterocycles. The maximum absolute atomic E-state index is 11.1. The highest BCUT2D eigenvalue weighted by Gasteiger charge is 2.12. The van der Waals surface area contributed by atoms with Crippen LogP contribution in [0.1, 0.15) is 23.0 Å². The number of carboxylic acid groups (broad SMARTS) is 1. The van der Waals surface area contributed by atoms with Gasteiger partial charge in [-0.15, -0.1) is 0 Å². The highest BCUT2D eigenvalue weighted by Crippen LogP contribution is 2.24. The van der Waals surface area contributed by atoms with Gasteiger partial charge in [-0.1, -0.05) is 11.6 Å². The number of halogens is 1. The number of benzene rings is 1. The molecule has 0 aliphatic rings. The third-order valence-corrected chi connectivity index (χ3v) is 2.92. The molecule has 0 aliphatic carbocycles. The molecule has 19 heavy (non-hydrogen) atoms. The normalized spacial score (nSPS) is 10.4. The van der Waals surface area contributed by atoms with Crippen molar-refractivity contribution in [1.82, 2.24) is 9.55 Å². The van der Waals surface area contributed by atoms with E-state index in [4.69, 9.17) is 21.4 Å². The van der Waals surface area contributed by atoms with E-state index in [1.54, 1.807) is 12.5 Å². The average Bonchev–Trinajstić information content (AvgIpc) is 2.83. The number of hydrogen-bond acceptors (Lipinski definition) is 3. The first-order valence-corrected chi connectivity index (χ1v) is 6.14. The van der Waals surface area contributed by atoms with Crippen LogP contribution < -0.4 is 4.74 Å². The number of aryl methyl sites for hydroxylation is 1. The Kier molecular flexibility index (Phi) is 4.06. The Morgan fingerprint density at radius 2 is 2.32 bits per heavy atom. The van der Waals surface area contributed by atoms with Crippen LogP contribution in [0.2, 0.25) is 5.02 Å². The minimum atomic E-state index is -1.05. The summed E-state index contributed by atoms with van der Waals surface area (Å²) in [7, 11) is 0. The van der Waals surface area contributed by atoms with Gasteiger partial charge in [-0.2, -0.15) is 0 Å². The molecule has 2 rings (SSSR count). The quantitative estimate of drug-likeness (QED) is 0.915. The van der Waals surface area contributed by atoms with E-state index in [0.717, 1.165) is 12.2 Å². The number of ether oxygens (including phenoxy) is 1. The molecule has 0 saturated heterocycles. The molecule has 0 fully saturated rings. The lowest BCUT2D eigenvalue weighted by Crippen LogP contribution is -2.06. The fraction of sp³-hybridized carbons (Fsp3) is 0.231. The summed E-state index contributed by atoms with van der Waals surface area (Å²) in [5.74, 6) is -0.792. The molecule has 0 aliphatic heterocycles. The summed E-state index contributed by atoms with van der Waals surface area (Å²) in [5.41, 5.74) is 0.964. The van der Waals surface area contributed by atoms with Crippen molar-refractivity contribution in [2.75, 3.05) is 0 Å². The van der Waals surface area contributed by atoms with Crippen molar-refractivity contribution >= 4 is 17.6 Å². The molecule has 0 spiro atoms. The maximum Gasteiger partial charge on any atom is 0.339 e. The summed E-state index contributed by atoms with van der Waals surface area (Å²) in [6.45, 7) is 3.02. The van der Waals surface area contributed by atoms with Gasteiger partial charge in [0.05, 0.1) is 18.2 Å². The predicted octanol–water partition coefficient (Wildman–Crippen LogP) is 2.83. The first-order chi connectivity index (χ1) is 9.11. The lowest BCUT2D eigenvalue weighted by Gasteiger charge is -2.10. The van der Waals surface area contributed by atoms with Gasteiger partial charge in [-0.05, 0) is 25.1 Å². The molecule has 5 nitrogen and oxygen atoms in total. The molecule has 1 heterocycles. The van der Waals surface area contributed by atoms with Crippen LogP contribution in [0, 0.1) is 0 Å². The van der Waals surface area contributed by atoms with Crippen LogP contribution in [-0.2, 0) is 13.2 Å². The molecule has 0 radical (unpaired) electrons. The number of aromatic nitrogens is 2. The van der Waals surface area contributed by atoms with Crippen molar-refractivity contribution in [2.24, 2.45) is 0 Å². The third kappa shape index (κ3) is 3.06. The minimum Gasteiger partial charge on any atom is -0.486 e. The van der Waals surface area contributed by atoms with Crippen molar-refractivity contribution in [3.63, 3.8) is 0 Å². The second-order valence-electron chi connectivity index (χ2n) is 3.91. The van der Waals surface area contributed by atoms with Crippen LogP contribution in [-0.4, -0.2) is 20.6 Å². The molecule has 100 valence electrons. The Bertz CT molecular complexity index is 595. The second-order valence-corrected chi connectivity index (χ2v) is 4.34. The largest absolute Gasteiger partial charge is 0.486 e. The van der Waals surface area contributed by atoms with E-state index in [0.29, 0.717) is 5.02 Å². The number of aromatic carboxylic acids is 1. The Hall–Kier alpha value is -2.01. The van der Waals surface area contributed by atoms with E-state index in [1.807, 2.05) is 11.5 Å². The monoisotopic (exact) mass is 280 g/mol. The zero-order chi connectivity index (χ0) is 13.8. The smallest absolute Gasteiger partial charge is 0.339 e. The highest BCUT2D eigenvalue weighted by molar-refractivity contribution is 6.30. The summed E-state index contributed by atoms with van der Waals surface area (Å²) in [4.78, 5) is 15.1. The van der Waals surface area contributed by atoms with Gasteiger partial charge in [0.25, 0.3) is 0 Å². The molecule has 2 aromatic rings. The maximum atomic E-state index is 11.1. The first kappa shape index (κ1) is 13.4. The van der Waals surface area contributed by atoms with Gasteiger partial charge < -0.3 is 14.4 Å². The molecule has 1 aromatic carbocycles. The first-order valence-electron chi connectivity index (χ1n) is 5.76. The predicted molar refractivity (Wildman–Crippen MR) is 70.6 cm³/mol. The molecule has 0 saturated carbocycles. The average molecular weight is 281 g/mol. The molecule has 0 unspecified atom stereocenters. The van der Waals surface area contributed by atoms with Gasteiger partial charge >= 0.3 is 5.97 Å². The Morgan fingerprint density at radius 3 is 3.00 bits per heavy atom. The SMILES string of the molecule is CCn1cncc1COc1cc(Cl)ccc1C(=O)O. The summed E-state index contributed by atoms with van der Waals surface area (Å²) in [6.07, 6.45) is 3.39. The van der Waals surface area contributed by atoms with Gasteiger partial charge in [-0.25, -0.2) is 9.78 Å². The zero-order valence-corrected chi connectivity index (χ0v) is 11.1. The molecule has 1 N–H and O–H groups in total. The van der Waals surface area contributed by atoms with Crippen LogP contribution in [0.25, 0.3) is 0 Å². The van der Waals surface area contributed by atoms with Crippen LogP contribution in [0.3, 0.4) is 0 Å². The number of imidazole rings is 1. The third-order valence-electron chi connectivity index (χ3n) is 2.69. The molecular weight excluding hydrogens is 268 g/mol. The van der Waals surface area contributed by atoms with Crippen LogP contribution in [0.4, 0.5) is 0 Å². The fourth-order valence-electron chi connectivity index (χ4n) is 1.70. The number of carboxylic acids is 1. The highest BCUT2D eigenvalue weighted by atomic mass is 35.5. The Balaban J connectivity index is 2.19. The standard InChI is InChI=1S/C13H13ClN2O3/c1-2-16-8-15-6-10(16)7-19-12-5-9(14)3-4-11(12)13(17)18/h3-6,8H,2,7H2,1H3,(H,17,18). The van der Waals surface area contributed by atoms with E-state index < -0.39 is 5.97 Å². The van der Waals surface area contributed by atoms with Crippen molar-refractivity contribution < 1.29 is 14.6 Å². The molecule has 0 amide bonds. The lowest BCUT2D eigenvalue weighted by atomic mass is 10.2.